The summed E-state index contributed by atoms with van der Waals surface area (Å²) in [6.45, 7) is 1.91. The summed E-state index contributed by atoms with van der Waals surface area (Å²) < 4.78 is 48.3. The summed E-state index contributed by atoms with van der Waals surface area (Å²) in [6.07, 6.45) is 3.05. The number of benzene rings is 1. The van der Waals surface area contributed by atoms with Crippen molar-refractivity contribution in [2.75, 3.05) is 25.8 Å². The molecule has 1 aromatic carbocycles. The number of hydrogen-bond donors (Lipinski definition) is 1. The van der Waals surface area contributed by atoms with Crippen LogP contribution in [0.2, 0.25) is 0 Å². The van der Waals surface area contributed by atoms with Crippen molar-refractivity contribution in [2.45, 2.75) is 19.9 Å². The average molecular weight is 492 g/mol. The van der Waals surface area contributed by atoms with Crippen LogP contribution in [0.5, 0.6) is 5.75 Å². The molecule has 0 aliphatic heterocycles. The van der Waals surface area contributed by atoms with Gasteiger partial charge < -0.3 is 14.0 Å². The predicted octanol–water partition coefficient (Wildman–Crippen LogP) is 1.94. The summed E-state index contributed by atoms with van der Waals surface area (Å²) in [5.41, 5.74) is 2.07. The molecular formula is C23H26FN3O6S. The molecule has 9 nitrogen and oxygen atoms in total. The third-order valence-electron chi connectivity index (χ3n) is 5.17. The van der Waals surface area contributed by atoms with Gasteiger partial charge in [0.05, 0.1) is 25.1 Å². The quantitative estimate of drug-likeness (QED) is 0.452. The lowest BCUT2D eigenvalue weighted by molar-refractivity contribution is 0.0520. The minimum atomic E-state index is -3.22. The number of methoxy groups -OCH3 is 1. The van der Waals surface area contributed by atoms with Gasteiger partial charge in [0.15, 0.2) is 21.2 Å². The van der Waals surface area contributed by atoms with E-state index in [4.69, 9.17) is 9.47 Å². The van der Waals surface area contributed by atoms with Crippen LogP contribution in [0.15, 0.2) is 35.3 Å². The molecule has 0 spiro atoms. The Morgan fingerprint density at radius 1 is 1.24 bits per heavy atom. The van der Waals surface area contributed by atoms with Crippen molar-refractivity contribution in [3.05, 3.63) is 68.9 Å². The van der Waals surface area contributed by atoms with Crippen molar-refractivity contribution in [3.8, 4) is 5.75 Å². The van der Waals surface area contributed by atoms with E-state index in [0.29, 0.717) is 23.0 Å². The SMILES string of the molecule is CCOC(=O)c1c(OC)c2ncc(Cc3ccc(F)cc3CNCS(C)(=O)=O)cc2n(C)c1=O. The average Bonchev–Trinajstić information content (AvgIpc) is 2.77. The van der Waals surface area contributed by atoms with Crippen LogP contribution in [0.25, 0.3) is 11.0 Å². The predicted molar refractivity (Wildman–Crippen MR) is 125 cm³/mol. The minimum Gasteiger partial charge on any atom is -0.493 e. The molecule has 34 heavy (non-hydrogen) atoms. The van der Waals surface area contributed by atoms with Gasteiger partial charge in [-0.3, -0.25) is 15.1 Å². The summed E-state index contributed by atoms with van der Waals surface area (Å²) in [4.78, 5) is 29.7. The second-order valence-electron chi connectivity index (χ2n) is 7.79. The Morgan fingerprint density at radius 3 is 2.62 bits per heavy atom. The maximum Gasteiger partial charge on any atom is 0.347 e. The molecule has 0 fully saturated rings. The molecule has 0 aliphatic rings. The molecule has 0 amide bonds. The Bertz CT molecular complexity index is 1400. The summed E-state index contributed by atoms with van der Waals surface area (Å²) in [7, 11) is -0.349. The fraction of sp³-hybridized carbons (Fsp3) is 0.348. The highest BCUT2D eigenvalue weighted by molar-refractivity contribution is 7.90. The van der Waals surface area contributed by atoms with Crippen LogP contribution in [0.1, 0.15) is 34.0 Å². The Labute approximate surface area is 196 Å². The van der Waals surface area contributed by atoms with Gasteiger partial charge in [-0.15, -0.1) is 0 Å². The Morgan fingerprint density at radius 2 is 1.97 bits per heavy atom. The molecule has 0 saturated heterocycles. The van der Waals surface area contributed by atoms with E-state index in [1.54, 1.807) is 25.3 Å². The van der Waals surface area contributed by atoms with Crippen molar-refractivity contribution < 1.29 is 27.1 Å². The van der Waals surface area contributed by atoms with E-state index in [1.165, 1.54) is 30.9 Å². The standard InChI is InChI=1S/C23H26FN3O6S/c1-5-33-23(29)19-21(32-3)20-18(27(2)22(19)28)9-14(11-26-20)8-15-6-7-17(24)10-16(15)12-25-13-34(4,30)31/h6-7,9-11,25H,5,8,12-13H2,1-4H3. The fourth-order valence-corrected chi connectivity index (χ4v) is 4.09. The van der Waals surface area contributed by atoms with E-state index >= 15 is 0 Å². The Balaban J connectivity index is 2.02. The van der Waals surface area contributed by atoms with Crippen molar-refractivity contribution >= 4 is 26.8 Å². The molecule has 0 bridgehead atoms. The first-order chi connectivity index (χ1) is 16.1. The third kappa shape index (κ3) is 5.60. The van der Waals surface area contributed by atoms with Crippen LogP contribution in [0.4, 0.5) is 4.39 Å². The molecule has 0 saturated carbocycles. The lowest BCUT2D eigenvalue weighted by Gasteiger charge is -2.15. The summed E-state index contributed by atoms with van der Waals surface area (Å²) in [5.74, 6) is -1.42. The van der Waals surface area contributed by atoms with Crippen LogP contribution >= 0.6 is 0 Å². The first-order valence-electron chi connectivity index (χ1n) is 10.4. The number of nitrogens with zero attached hydrogens (tertiary/aromatic N) is 2. The van der Waals surface area contributed by atoms with Crippen LogP contribution < -0.4 is 15.6 Å². The number of pyridine rings is 2. The van der Waals surface area contributed by atoms with Crippen LogP contribution in [0.3, 0.4) is 0 Å². The summed E-state index contributed by atoms with van der Waals surface area (Å²) in [5, 5.41) is 2.81. The van der Waals surface area contributed by atoms with E-state index in [9.17, 15) is 22.4 Å². The number of hydrogen-bond acceptors (Lipinski definition) is 8. The number of aryl methyl sites for hydroxylation is 1. The number of esters is 1. The van der Waals surface area contributed by atoms with Gasteiger partial charge in [0.25, 0.3) is 5.56 Å². The lowest BCUT2D eigenvalue weighted by Crippen LogP contribution is -2.27. The molecule has 11 heteroatoms. The number of nitrogens with one attached hydrogen (secondary N) is 1. The molecule has 0 unspecified atom stereocenters. The number of sulfone groups is 1. The van der Waals surface area contributed by atoms with Crippen molar-refractivity contribution in [2.24, 2.45) is 7.05 Å². The monoisotopic (exact) mass is 491 g/mol. The van der Waals surface area contributed by atoms with Gasteiger partial charge in [-0.1, -0.05) is 6.07 Å². The molecule has 0 aliphatic carbocycles. The number of aromatic nitrogens is 2. The van der Waals surface area contributed by atoms with Crippen LogP contribution in [0, 0.1) is 5.82 Å². The van der Waals surface area contributed by atoms with E-state index in [-0.39, 0.29) is 30.3 Å². The number of carbonyl (C=O) groups is 1. The summed E-state index contributed by atoms with van der Waals surface area (Å²) in [6, 6.07) is 6.05. The van der Waals surface area contributed by atoms with Gasteiger partial charge in [0, 0.05) is 26.0 Å². The molecular weight excluding hydrogens is 465 g/mol. The second kappa shape index (κ2) is 10.3. The maximum absolute atomic E-state index is 13.8. The lowest BCUT2D eigenvalue weighted by atomic mass is 10.00. The van der Waals surface area contributed by atoms with E-state index in [0.717, 1.165) is 17.4 Å². The van der Waals surface area contributed by atoms with Gasteiger partial charge in [-0.25, -0.2) is 17.6 Å². The highest BCUT2D eigenvalue weighted by Gasteiger charge is 2.24. The second-order valence-corrected chi connectivity index (χ2v) is 9.93. The van der Waals surface area contributed by atoms with Crippen molar-refractivity contribution in [1.82, 2.24) is 14.9 Å². The van der Waals surface area contributed by atoms with Crippen LogP contribution in [-0.4, -0.2) is 49.8 Å². The van der Waals surface area contributed by atoms with Gasteiger partial charge in [-0.05, 0) is 48.2 Å². The number of ether oxygens (including phenoxy) is 2. The first-order valence-corrected chi connectivity index (χ1v) is 12.5. The third-order valence-corrected chi connectivity index (χ3v) is 5.90. The Kier molecular flexibility index (Phi) is 7.68. The molecule has 182 valence electrons. The largest absolute Gasteiger partial charge is 0.493 e. The fourth-order valence-electron chi connectivity index (χ4n) is 3.62. The molecule has 1 N–H and O–H groups in total. The zero-order chi connectivity index (χ0) is 25.0. The number of fused-ring (bicyclic) bond motifs is 1. The number of rotatable bonds is 9. The van der Waals surface area contributed by atoms with E-state index in [2.05, 4.69) is 10.3 Å². The molecule has 0 radical (unpaired) electrons. The molecule has 2 aromatic heterocycles. The zero-order valence-electron chi connectivity index (χ0n) is 19.3. The molecule has 2 heterocycles. The molecule has 3 aromatic rings. The van der Waals surface area contributed by atoms with Crippen molar-refractivity contribution in [3.63, 3.8) is 0 Å². The maximum atomic E-state index is 13.8. The zero-order valence-corrected chi connectivity index (χ0v) is 20.2. The molecule has 3 rings (SSSR count). The number of carbonyl (C=O) groups excluding carboxylic acids is 1. The van der Waals surface area contributed by atoms with Crippen LogP contribution in [-0.2, 0) is 34.6 Å². The smallest absolute Gasteiger partial charge is 0.347 e. The summed E-state index contributed by atoms with van der Waals surface area (Å²) >= 11 is 0. The van der Waals surface area contributed by atoms with Crippen molar-refractivity contribution in [1.29, 1.82) is 0 Å². The topological polar surface area (TPSA) is 117 Å². The normalized spacial score (nSPS) is 11.6. The number of halogens is 1. The van der Waals surface area contributed by atoms with Gasteiger partial charge in [0.2, 0.25) is 0 Å². The van der Waals surface area contributed by atoms with Gasteiger partial charge in [-0.2, -0.15) is 0 Å². The van der Waals surface area contributed by atoms with E-state index in [1.807, 2.05) is 0 Å². The Hall–Kier alpha value is -3.31. The van der Waals surface area contributed by atoms with Gasteiger partial charge >= 0.3 is 5.97 Å². The first kappa shape index (κ1) is 25.3. The highest BCUT2D eigenvalue weighted by atomic mass is 32.2. The minimum absolute atomic E-state index is 0.0375. The highest BCUT2D eigenvalue weighted by Crippen LogP contribution is 2.27. The van der Waals surface area contributed by atoms with E-state index < -0.39 is 27.2 Å². The van der Waals surface area contributed by atoms with Gasteiger partial charge in [0.1, 0.15) is 11.3 Å². The molecule has 0 atom stereocenters.